The SMILES string of the molecule is CNc1scnc1OC(=O)Nc1cccc(C)c1. The minimum absolute atomic E-state index is 0.285. The van der Waals surface area contributed by atoms with Gasteiger partial charge in [0.2, 0.25) is 0 Å². The summed E-state index contributed by atoms with van der Waals surface area (Å²) in [7, 11) is 1.75. The van der Waals surface area contributed by atoms with Crippen molar-refractivity contribution >= 4 is 28.1 Å². The summed E-state index contributed by atoms with van der Waals surface area (Å²) in [5, 5.41) is 6.27. The maximum atomic E-state index is 11.7. The average molecular weight is 263 g/mol. The van der Waals surface area contributed by atoms with Gasteiger partial charge in [-0.1, -0.05) is 12.1 Å². The van der Waals surface area contributed by atoms with Crippen LogP contribution in [0.15, 0.2) is 29.8 Å². The molecule has 0 spiro atoms. The molecule has 0 unspecified atom stereocenters. The third kappa shape index (κ3) is 2.98. The van der Waals surface area contributed by atoms with Gasteiger partial charge in [0.15, 0.2) is 5.00 Å². The Kier molecular flexibility index (Phi) is 3.78. The van der Waals surface area contributed by atoms with Gasteiger partial charge in [-0.15, -0.1) is 11.3 Å². The number of ether oxygens (including phenoxy) is 1. The van der Waals surface area contributed by atoms with E-state index in [1.165, 1.54) is 11.3 Å². The van der Waals surface area contributed by atoms with Crippen LogP contribution in [-0.2, 0) is 0 Å². The maximum absolute atomic E-state index is 11.7. The van der Waals surface area contributed by atoms with Crippen molar-refractivity contribution in [3.8, 4) is 5.88 Å². The number of hydrogen-bond acceptors (Lipinski definition) is 5. The van der Waals surface area contributed by atoms with Gasteiger partial charge in [0, 0.05) is 12.7 Å². The Morgan fingerprint density at radius 3 is 3.00 bits per heavy atom. The molecule has 5 nitrogen and oxygen atoms in total. The van der Waals surface area contributed by atoms with E-state index in [2.05, 4.69) is 15.6 Å². The van der Waals surface area contributed by atoms with Crippen LogP contribution in [0.5, 0.6) is 5.88 Å². The summed E-state index contributed by atoms with van der Waals surface area (Å²) < 4.78 is 5.11. The number of carbonyl (C=O) groups is 1. The zero-order valence-electron chi connectivity index (χ0n) is 10.1. The Morgan fingerprint density at radius 1 is 1.44 bits per heavy atom. The molecule has 0 atom stereocenters. The highest BCUT2D eigenvalue weighted by atomic mass is 32.1. The third-order valence-corrected chi connectivity index (χ3v) is 3.04. The average Bonchev–Trinajstić information content (AvgIpc) is 2.76. The minimum Gasteiger partial charge on any atom is -0.388 e. The van der Waals surface area contributed by atoms with E-state index < -0.39 is 6.09 Å². The summed E-state index contributed by atoms with van der Waals surface area (Å²) in [5.74, 6) is 0.285. The molecule has 2 N–H and O–H groups in total. The van der Waals surface area contributed by atoms with Crippen molar-refractivity contribution in [3.63, 3.8) is 0 Å². The van der Waals surface area contributed by atoms with Crippen LogP contribution in [-0.4, -0.2) is 18.1 Å². The van der Waals surface area contributed by atoms with Crippen LogP contribution >= 0.6 is 11.3 Å². The fourth-order valence-corrected chi connectivity index (χ4v) is 2.00. The van der Waals surface area contributed by atoms with Crippen LogP contribution in [0.2, 0.25) is 0 Å². The van der Waals surface area contributed by atoms with E-state index in [1.54, 1.807) is 18.6 Å². The highest BCUT2D eigenvalue weighted by Crippen LogP contribution is 2.27. The highest BCUT2D eigenvalue weighted by Gasteiger charge is 2.11. The predicted octanol–water partition coefficient (Wildman–Crippen LogP) is 3.10. The van der Waals surface area contributed by atoms with Gasteiger partial charge in [-0.3, -0.25) is 5.32 Å². The lowest BCUT2D eigenvalue weighted by atomic mass is 10.2. The van der Waals surface area contributed by atoms with Gasteiger partial charge in [-0.2, -0.15) is 0 Å². The zero-order chi connectivity index (χ0) is 13.0. The first-order valence-electron chi connectivity index (χ1n) is 5.36. The molecule has 0 aliphatic carbocycles. The third-order valence-electron chi connectivity index (χ3n) is 2.22. The van der Waals surface area contributed by atoms with E-state index >= 15 is 0 Å². The van der Waals surface area contributed by atoms with Crippen LogP contribution in [0.1, 0.15) is 5.56 Å². The number of anilines is 2. The second kappa shape index (κ2) is 5.50. The van der Waals surface area contributed by atoms with E-state index in [0.29, 0.717) is 5.69 Å². The van der Waals surface area contributed by atoms with Gasteiger partial charge < -0.3 is 10.1 Å². The van der Waals surface area contributed by atoms with Crippen molar-refractivity contribution in [2.45, 2.75) is 6.92 Å². The first-order valence-corrected chi connectivity index (χ1v) is 6.24. The summed E-state index contributed by atoms with van der Waals surface area (Å²) in [4.78, 5) is 15.6. The van der Waals surface area contributed by atoms with Crippen molar-refractivity contribution in [3.05, 3.63) is 35.3 Å². The molecule has 0 saturated heterocycles. The van der Waals surface area contributed by atoms with Crippen LogP contribution in [0.25, 0.3) is 0 Å². The summed E-state index contributed by atoms with van der Waals surface area (Å²) in [5.41, 5.74) is 3.37. The molecule has 0 bridgehead atoms. The number of benzene rings is 1. The molecule has 1 amide bonds. The number of hydrogen-bond donors (Lipinski definition) is 2. The monoisotopic (exact) mass is 263 g/mol. The van der Waals surface area contributed by atoms with E-state index in [1.807, 2.05) is 25.1 Å². The lowest BCUT2D eigenvalue weighted by Gasteiger charge is -2.06. The Morgan fingerprint density at radius 2 is 2.28 bits per heavy atom. The van der Waals surface area contributed by atoms with Crippen molar-refractivity contribution < 1.29 is 9.53 Å². The van der Waals surface area contributed by atoms with Crippen LogP contribution in [0.4, 0.5) is 15.5 Å². The van der Waals surface area contributed by atoms with Gasteiger partial charge in [0.1, 0.15) is 0 Å². The van der Waals surface area contributed by atoms with Crippen LogP contribution in [0, 0.1) is 6.92 Å². The largest absolute Gasteiger partial charge is 0.418 e. The second-order valence-electron chi connectivity index (χ2n) is 3.62. The number of aryl methyl sites for hydroxylation is 1. The standard InChI is InChI=1S/C12H13N3O2S/c1-8-4-3-5-9(6-8)15-12(16)17-10-11(13-2)18-7-14-10/h3-7,13H,1-2H3,(H,15,16). The molecule has 1 heterocycles. The van der Waals surface area contributed by atoms with Crippen molar-refractivity contribution in [2.75, 3.05) is 17.7 Å². The molecule has 1 aromatic carbocycles. The molecule has 0 fully saturated rings. The molecule has 0 aliphatic heterocycles. The topological polar surface area (TPSA) is 63.3 Å². The number of thiazole rings is 1. The number of amides is 1. The first-order chi connectivity index (χ1) is 8.69. The number of rotatable bonds is 3. The fourth-order valence-electron chi connectivity index (χ4n) is 1.43. The highest BCUT2D eigenvalue weighted by molar-refractivity contribution is 7.14. The van der Waals surface area contributed by atoms with Crippen LogP contribution < -0.4 is 15.4 Å². The molecule has 1 aromatic heterocycles. The van der Waals surface area contributed by atoms with Gasteiger partial charge in [-0.25, -0.2) is 9.78 Å². The smallest absolute Gasteiger partial charge is 0.388 e. The van der Waals surface area contributed by atoms with Gasteiger partial charge in [-0.05, 0) is 24.6 Å². The van der Waals surface area contributed by atoms with E-state index in [9.17, 15) is 4.79 Å². The zero-order valence-corrected chi connectivity index (χ0v) is 10.9. The Balaban J connectivity index is 2.01. The molecular weight excluding hydrogens is 250 g/mol. The molecule has 18 heavy (non-hydrogen) atoms. The summed E-state index contributed by atoms with van der Waals surface area (Å²) in [6.07, 6.45) is -0.553. The van der Waals surface area contributed by atoms with Gasteiger partial charge in [0.05, 0.1) is 5.51 Å². The summed E-state index contributed by atoms with van der Waals surface area (Å²) in [6, 6.07) is 7.48. The molecule has 6 heteroatoms. The summed E-state index contributed by atoms with van der Waals surface area (Å²) >= 11 is 1.37. The first kappa shape index (κ1) is 12.4. The Bertz CT molecular complexity index is 554. The fraction of sp³-hybridized carbons (Fsp3) is 0.167. The van der Waals surface area contributed by atoms with Gasteiger partial charge in [0.25, 0.3) is 5.88 Å². The Hall–Kier alpha value is -2.08. The van der Waals surface area contributed by atoms with Gasteiger partial charge >= 0.3 is 6.09 Å². The van der Waals surface area contributed by atoms with Crippen molar-refractivity contribution in [1.82, 2.24) is 4.98 Å². The van der Waals surface area contributed by atoms with Crippen molar-refractivity contribution in [2.24, 2.45) is 0 Å². The van der Waals surface area contributed by atoms with Crippen LogP contribution in [0.3, 0.4) is 0 Å². The quantitative estimate of drug-likeness (QED) is 0.893. The summed E-state index contributed by atoms with van der Waals surface area (Å²) in [6.45, 7) is 1.95. The molecule has 0 aliphatic rings. The lowest BCUT2D eigenvalue weighted by molar-refractivity contribution is 0.214. The number of carbonyl (C=O) groups excluding carboxylic acids is 1. The van der Waals surface area contributed by atoms with E-state index in [0.717, 1.165) is 10.6 Å². The number of aromatic nitrogens is 1. The van der Waals surface area contributed by atoms with E-state index in [4.69, 9.17) is 4.74 Å². The maximum Gasteiger partial charge on any atom is 0.418 e. The number of nitrogens with one attached hydrogen (secondary N) is 2. The molecule has 0 saturated carbocycles. The molecule has 94 valence electrons. The lowest BCUT2D eigenvalue weighted by Crippen LogP contribution is -2.17. The molecule has 0 radical (unpaired) electrons. The Labute approximate surface area is 109 Å². The number of nitrogens with zero attached hydrogens (tertiary/aromatic N) is 1. The van der Waals surface area contributed by atoms with E-state index in [-0.39, 0.29) is 5.88 Å². The molecular formula is C12H13N3O2S. The predicted molar refractivity (Wildman–Crippen MR) is 72.5 cm³/mol. The molecule has 2 rings (SSSR count). The molecule has 2 aromatic rings. The second-order valence-corrected chi connectivity index (χ2v) is 4.48. The van der Waals surface area contributed by atoms with Crippen molar-refractivity contribution in [1.29, 1.82) is 0 Å². The minimum atomic E-state index is -0.553. The normalized spacial score (nSPS) is 9.89.